The van der Waals surface area contributed by atoms with E-state index in [0.717, 1.165) is 18.4 Å². The van der Waals surface area contributed by atoms with Gasteiger partial charge >= 0.3 is 5.97 Å². The zero-order valence-corrected chi connectivity index (χ0v) is 15.7. The van der Waals surface area contributed by atoms with Gasteiger partial charge in [0.25, 0.3) is 0 Å². The Morgan fingerprint density at radius 3 is 2.42 bits per heavy atom. The quantitative estimate of drug-likeness (QED) is 0.845. The molecule has 1 heterocycles. The number of carboxylic acids is 1. The van der Waals surface area contributed by atoms with Gasteiger partial charge in [0.15, 0.2) is 0 Å². The Labute approximate surface area is 154 Å². The van der Waals surface area contributed by atoms with Crippen molar-refractivity contribution in [2.45, 2.75) is 46.5 Å². The number of piperidine rings is 1. The highest BCUT2D eigenvalue weighted by atomic mass is 16.4. The minimum Gasteiger partial charge on any atom is -0.481 e. The molecule has 1 unspecified atom stereocenters. The van der Waals surface area contributed by atoms with Crippen molar-refractivity contribution in [2.24, 2.45) is 11.3 Å². The lowest BCUT2D eigenvalue weighted by Gasteiger charge is -2.35. The van der Waals surface area contributed by atoms with Crippen LogP contribution in [0, 0.1) is 11.3 Å². The molecule has 1 fully saturated rings. The number of hydrogen-bond acceptors (Lipinski definition) is 3. The van der Waals surface area contributed by atoms with Gasteiger partial charge in [0, 0.05) is 30.6 Å². The van der Waals surface area contributed by atoms with Gasteiger partial charge in [-0.15, -0.1) is 0 Å². The van der Waals surface area contributed by atoms with Crippen LogP contribution in [0.2, 0.25) is 0 Å². The van der Waals surface area contributed by atoms with Crippen LogP contribution in [0.3, 0.4) is 0 Å². The number of aliphatic carboxylic acids is 1. The van der Waals surface area contributed by atoms with E-state index in [1.807, 2.05) is 32.9 Å². The van der Waals surface area contributed by atoms with Crippen LogP contribution in [0.15, 0.2) is 24.3 Å². The van der Waals surface area contributed by atoms with Crippen molar-refractivity contribution in [3.63, 3.8) is 0 Å². The number of carbonyl (C=O) groups excluding carboxylic acids is 2. The van der Waals surface area contributed by atoms with Crippen LogP contribution >= 0.6 is 0 Å². The fourth-order valence-electron chi connectivity index (χ4n) is 3.10. The fourth-order valence-corrected chi connectivity index (χ4v) is 3.10. The van der Waals surface area contributed by atoms with E-state index < -0.39 is 11.4 Å². The largest absolute Gasteiger partial charge is 0.481 e. The van der Waals surface area contributed by atoms with Crippen molar-refractivity contribution >= 4 is 23.5 Å². The number of carbonyl (C=O) groups is 3. The summed E-state index contributed by atoms with van der Waals surface area (Å²) in [5, 5.41) is 11.6. The van der Waals surface area contributed by atoms with E-state index in [0.29, 0.717) is 25.2 Å². The average molecular weight is 360 g/mol. The summed E-state index contributed by atoms with van der Waals surface area (Å²) < 4.78 is 0. The van der Waals surface area contributed by atoms with Crippen LogP contribution in [0.4, 0.5) is 5.69 Å². The number of aryl methyl sites for hydroxylation is 1. The van der Waals surface area contributed by atoms with Gasteiger partial charge in [-0.3, -0.25) is 14.4 Å². The first-order valence-electron chi connectivity index (χ1n) is 9.08. The van der Waals surface area contributed by atoms with Crippen molar-refractivity contribution in [1.29, 1.82) is 0 Å². The number of carboxylic acid groups (broad SMARTS) is 1. The van der Waals surface area contributed by atoms with Crippen molar-refractivity contribution in [3.05, 3.63) is 29.8 Å². The first-order chi connectivity index (χ1) is 12.2. The van der Waals surface area contributed by atoms with Crippen LogP contribution in [-0.4, -0.2) is 40.9 Å². The SMILES string of the molecule is CC(C)(C)C(=O)N1CCCC(C(=O)Nc2ccc(CCC(=O)O)cc2)C1. The van der Waals surface area contributed by atoms with Gasteiger partial charge in [0.05, 0.1) is 5.92 Å². The van der Waals surface area contributed by atoms with E-state index in [2.05, 4.69) is 5.32 Å². The third-order valence-corrected chi connectivity index (χ3v) is 4.57. The Balaban J connectivity index is 1.92. The molecule has 0 aromatic heterocycles. The molecule has 1 aliphatic heterocycles. The first-order valence-corrected chi connectivity index (χ1v) is 9.08. The van der Waals surface area contributed by atoms with Gasteiger partial charge in [-0.2, -0.15) is 0 Å². The van der Waals surface area contributed by atoms with E-state index in [-0.39, 0.29) is 24.2 Å². The summed E-state index contributed by atoms with van der Waals surface area (Å²) in [6.45, 7) is 6.84. The summed E-state index contributed by atoms with van der Waals surface area (Å²) in [6, 6.07) is 7.23. The maximum atomic E-state index is 12.6. The Morgan fingerprint density at radius 2 is 1.85 bits per heavy atom. The molecule has 142 valence electrons. The molecule has 2 amide bonds. The third-order valence-electron chi connectivity index (χ3n) is 4.57. The van der Waals surface area contributed by atoms with Crippen molar-refractivity contribution in [2.75, 3.05) is 18.4 Å². The molecule has 26 heavy (non-hydrogen) atoms. The number of amides is 2. The molecule has 0 spiro atoms. The topological polar surface area (TPSA) is 86.7 Å². The van der Waals surface area contributed by atoms with Crippen molar-refractivity contribution < 1.29 is 19.5 Å². The van der Waals surface area contributed by atoms with Gasteiger partial charge in [-0.05, 0) is 37.0 Å². The number of likely N-dealkylation sites (tertiary alicyclic amines) is 1. The molecule has 1 aromatic carbocycles. The van der Waals surface area contributed by atoms with E-state index in [1.165, 1.54) is 0 Å². The van der Waals surface area contributed by atoms with Gasteiger partial charge in [0.2, 0.25) is 11.8 Å². The lowest BCUT2D eigenvalue weighted by atomic mass is 9.91. The highest BCUT2D eigenvalue weighted by Crippen LogP contribution is 2.24. The minimum absolute atomic E-state index is 0.0744. The summed E-state index contributed by atoms with van der Waals surface area (Å²) in [4.78, 5) is 37.4. The van der Waals surface area contributed by atoms with Crippen LogP contribution in [-0.2, 0) is 20.8 Å². The minimum atomic E-state index is -0.825. The molecule has 6 heteroatoms. The molecule has 0 radical (unpaired) electrons. The summed E-state index contributed by atoms with van der Waals surface area (Å²) in [7, 11) is 0. The number of rotatable bonds is 5. The lowest BCUT2D eigenvalue weighted by Crippen LogP contribution is -2.47. The molecule has 2 N–H and O–H groups in total. The Bertz CT molecular complexity index is 661. The van der Waals surface area contributed by atoms with Crippen molar-refractivity contribution in [1.82, 2.24) is 4.90 Å². The highest BCUT2D eigenvalue weighted by molar-refractivity contribution is 5.93. The number of anilines is 1. The molecule has 1 aliphatic rings. The molecule has 1 saturated heterocycles. The van der Waals surface area contributed by atoms with Gasteiger partial charge < -0.3 is 15.3 Å². The molecule has 0 saturated carbocycles. The summed E-state index contributed by atoms with van der Waals surface area (Å²) in [6.07, 6.45) is 2.16. The van der Waals surface area contributed by atoms with E-state index in [1.54, 1.807) is 17.0 Å². The standard InChI is InChI=1S/C20H28N2O4/c1-20(2,3)19(26)22-12-4-5-15(13-22)18(25)21-16-9-6-14(7-10-16)8-11-17(23)24/h6-7,9-10,15H,4-5,8,11-13H2,1-3H3,(H,21,25)(H,23,24). The lowest BCUT2D eigenvalue weighted by molar-refractivity contribution is -0.142. The van der Waals surface area contributed by atoms with Gasteiger partial charge in [-0.25, -0.2) is 0 Å². The van der Waals surface area contributed by atoms with E-state index >= 15 is 0 Å². The summed E-state index contributed by atoms with van der Waals surface area (Å²) in [5.41, 5.74) is 1.17. The highest BCUT2D eigenvalue weighted by Gasteiger charge is 2.33. The van der Waals surface area contributed by atoms with Gasteiger partial charge in [0.1, 0.15) is 0 Å². The molecular weight excluding hydrogens is 332 g/mol. The molecule has 0 bridgehead atoms. The molecule has 0 aliphatic carbocycles. The number of benzene rings is 1. The van der Waals surface area contributed by atoms with Crippen LogP contribution in [0.5, 0.6) is 0 Å². The third kappa shape index (κ3) is 5.58. The maximum absolute atomic E-state index is 12.6. The van der Waals surface area contributed by atoms with Crippen molar-refractivity contribution in [3.8, 4) is 0 Å². The fraction of sp³-hybridized carbons (Fsp3) is 0.550. The zero-order valence-electron chi connectivity index (χ0n) is 15.7. The number of nitrogens with one attached hydrogen (secondary N) is 1. The smallest absolute Gasteiger partial charge is 0.303 e. The maximum Gasteiger partial charge on any atom is 0.303 e. The zero-order chi connectivity index (χ0) is 19.3. The predicted octanol–water partition coefficient (Wildman–Crippen LogP) is 2.93. The molecule has 1 aromatic rings. The van der Waals surface area contributed by atoms with E-state index in [9.17, 15) is 14.4 Å². The monoisotopic (exact) mass is 360 g/mol. The second-order valence-electron chi connectivity index (χ2n) is 7.92. The van der Waals surface area contributed by atoms with E-state index in [4.69, 9.17) is 5.11 Å². The number of hydrogen-bond donors (Lipinski definition) is 2. The molecular formula is C20H28N2O4. The first kappa shape index (κ1) is 19.9. The van der Waals surface area contributed by atoms with Crippen LogP contribution in [0.1, 0.15) is 45.6 Å². The average Bonchev–Trinajstić information content (AvgIpc) is 2.59. The predicted molar refractivity (Wildman–Crippen MR) is 99.8 cm³/mol. The Hall–Kier alpha value is -2.37. The van der Waals surface area contributed by atoms with Crippen LogP contribution < -0.4 is 5.32 Å². The summed E-state index contributed by atoms with van der Waals surface area (Å²) >= 11 is 0. The molecule has 1 atom stereocenters. The summed E-state index contributed by atoms with van der Waals surface area (Å²) in [5.74, 6) is -1.02. The van der Waals surface area contributed by atoms with Gasteiger partial charge in [-0.1, -0.05) is 32.9 Å². The van der Waals surface area contributed by atoms with Crippen LogP contribution in [0.25, 0.3) is 0 Å². The Kier molecular flexibility index (Phi) is 6.40. The second-order valence-corrected chi connectivity index (χ2v) is 7.92. The molecule has 6 nitrogen and oxygen atoms in total. The number of nitrogens with zero attached hydrogens (tertiary/aromatic N) is 1. The molecule has 2 rings (SSSR count). The second kappa shape index (κ2) is 8.34. The Morgan fingerprint density at radius 1 is 1.19 bits per heavy atom. The normalized spacial score (nSPS) is 17.7.